The van der Waals surface area contributed by atoms with Crippen LogP contribution in [0.25, 0.3) is 0 Å². The summed E-state index contributed by atoms with van der Waals surface area (Å²) in [5.74, 6) is 2.63. The fourth-order valence-corrected chi connectivity index (χ4v) is 2.91. The number of benzene rings is 1. The van der Waals surface area contributed by atoms with Gasteiger partial charge in [-0.2, -0.15) is 0 Å². The van der Waals surface area contributed by atoms with Gasteiger partial charge in [0.15, 0.2) is 0 Å². The van der Waals surface area contributed by atoms with E-state index in [1.807, 2.05) is 36.1 Å². The van der Waals surface area contributed by atoms with Crippen LogP contribution in [0.1, 0.15) is 36.8 Å². The van der Waals surface area contributed by atoms with Crippen LogP contribution in [0.2, 0.25) is 0 Å². The first-order valence-electron chi connectivity index (χ1n) is 8.89. The lowest BCUT2D eigenvalue weighted by Gasteiger charge is -2.27. The normalized spacial score (nSPS) is 13.8. The summed E-state index contributed by atoms with van der Waals surface area (Å²) >= 11 is 0. The third-order valence-electron chi connectivity index (χ3n) is 4.39. The predicted octanol–water partition coefficient (Wildman–Crippen LogP) is 2.54. The molecule has 0 spiro atoms. The molecule has 1 aromatic rings. The number of carbonyl (C=O) groups is 2. The van der Waals surface area contributed by atoms with E-state index >= 15 is 0 Å². The molecule has 0 aliphatic carbocycles. The number of urea groups is 1. The van der Waals surface area contributed by atoms with E-state index in [9.17, 15) is 9.59 Å². The van der Waals surface area contributed by atoms with Gasteiger partial charge in [0.25, 0.3) is 0 Å². The predicted molar refractivity (Wildman–Crippen MR) is 98.9 cm³/mol. The topological polar surface area (TPSA) is 52.7 Å². The molecule has 1 aromatic carbocycles. The average Bonchev–Trinajstić information content (AvgIpc) is 2.63. The molecule has 2 rings (SSSR count). The van der Waals surface area contributed by atoms with Crippen LogP contribution in [0, 0.1) is 19.3 Å². The Morgan fingerprint density at radius 3 is 2.52 bits per heavy atom. The molecule has 5 nitrogen and oxygen atoms in total. The highest BCUT2D eigenvalue weighted by Crippen LogP contribution is 2.10. The maximum atomic E-state index is 12.4. The van der Waals surface area contributed by atoms with E-state index in [4.69, 9.17) is 6.42 Å². The van der Waals surface area contributed by atoms with Crippen molar-refractivity contribution >= 4 is 11.9 Å². The van der Waals surface area contributed by atoms with Crippen LogP contribution in [-0.2, 0) is 11.3 Å². The van der Waals surface area contributed by atoms with Gasteiger partial charge in [0.05, 0.1) is 6.54 Å². The van der Waals surface area contributed by atoms with E-state index in [1.165, 1.54) is 12.0 Å². The number of amides is 3. The van der Waals surface area contributed by atoms with Crippen molar-refractivity contribution < 1.29 is 9.59 Å². The maximum absolute atomic E-state index is 12.4. The molecule has 1 aliphatic rings. The summed E-state index contributed by atoms with van der Waals surface area (Å²) in [5.41, 5.74) is 2.20. The first-order chi connectivity index (χ1) is 12.1. The zero-order valence-electron chi connectivity index (χ0n) is 15.0. The lowest BCUT2D eigenvalue weighted by Crippen LogP contribution is -2.42. The number of hydrogen-bond donors (Lipinski definition) is 1. The first kappa shape index (κ1) is 18.9. The Morgan fingerprint density at radius 2 is 1.88 bits per heavy atom. The largest absolute Gasteiger partial charge is 0.343 e. The van der Waals surface area contributed by atoms with Crippen molar-refractivity contribution in [2.24, 2.45) is 0 Å². The van der Waals surface area contributed by atoms with Crippen LogP contribution in [0.5, 0.6) is 0 Å². The molecule has 5 heteroatoms. The molecule has 1 saturated heterocycles. The van der Waals surface area contributed by atoms with E-state index in [0.717, 1.165) is 31.5 Å². The van der Waals surface area contributed by atoms with E-state index in [1.54, 1.807) is 4.90 Å². The van der Waals surface area contributed by atoms with E-state index in [2.05, 4.69) is 11.2 Å². The third-order valence-corrected chi connectivity index (χ3v) is 4.39. The van der Waals surface area contributed by atoms with Crippen molar-refractivity contribution in [3.05, 3.63) is 35.4 Å². The zero-order valence-corrected chi connectivity index (χ0v) is 15.0. The zero-order chi connectivity index (χ0) is 18.1. The lowest BCUT2D eigenvalue weighted by molar-refractivity contribution is -0.131. The van der Waals surface area contributed by atoms with Gasteiger partial charge in [0.2, 0.25) is 5.91 Å². The Morgan fingerprint density at radius 1 is 1.20 bits per heavy atom. The Balaban J connectivity index is 1.80. The van der Waals surface area contributed by atoms with Crippen LogP contribution in [0.3, 0.4) is 0 Å². The highest BCUT2D eigenvalue weighted by molar-refractivity contribution is 5.78. The molecule has 25 heavy (non-hydrogen) atoms. The molecular weight excluding hydrogens is 314 g/mol. The summed E-state index contributed by atoms with van der Waals surface area (Å²) in [6.45, 7) is 4.72. The molecule has 0 aromatic heterocycles. The van der Waals surface area contributed by atoms with Gasteiger partial charge < -0.3 is 15.1 Å². The molecule has 1 aliphatic heterocycles. The molecule has 1 N–H and O–H groups in total. The highest BCUT2D eigenvalue weighted by Gasteiger charge is 2.17. The van der Waals surface area contributed by atoms with Crippen LogP contribution < -0.4 is 5.32 Å². The number of terminal acetylenes is 1. The summed E-state index contributed by atoms with van der Waals surface area (Å²) in [6, 6.07) is 7.78. The van der Waals surface area contributed by atoms with Gasteiger partial charge in [-0.25, -0.2) is 4.79 Å². The maximum Gasteiger partial charge on any atom is 0.318 e. The number of carbonyl (C=O) groups excluding carboxylic acids is 2. The average molecular weight is 341 g/mol. The molecule has 0 atom stereocenters. The molecule has 0 radical (unpaired) electrons. The summed E-state index contributed by atoms with van der Waals surface area (Å²) in [5, 5.41) is 2.81. The molecule has 0 saturated carbocycles. The Bertz CT molecular complexity index is 613. The van der Waals surface area contributed by atoms with Gasteiger partial charge >= 0.3 is 6.03 Å². The number of nitrogens with zero attached hydrogens (tertiary/aromatic N) is 2. The Hall–Kier alpha value is -2.48. The molecule has 0 bridgehead atoms. The molecule has 3 amide bonds. The number of rotatable bonds is 6. The third kappa shape index (κ3) is 6.15. The van der Waals surface area contributed by atoms with E-state index < -0.39 is 0 Å². The number of piperidine rings is 1. The number of hydrogen-bond acceptors (Lipinski definition) is 2. The van der Waals surface area contributed by atoms with Gasteiger partial charge in [-0.3, -0.25) is 4.79 Å². The van der Waals surface area contributed by atoms with Gasteiger partial charge in [-0.15, -0.1) is 6.42 Å². The minimum Gasteiger partial charge on any atom is -0.343 e. The molecular formula is C20H27N3O2. The molecule has 1 fully saturated rings. The minimum atomic E-state index is -0.232. The molecule has 1 heterocycles. The van der Waals surface area contributed by atoms with Gasteiger partial charge in [-0.1, -0.05) is 35.7 Å². The SMILES string of the molecule is C#CCN(Cc1ccc(C)cc1)C(=O)NCCC(=O)N1CCCCC1. The van der Waals surface area contributed by atoms with Gasteiger partial charge in [0.1, 0.15) is 0 Å². The van der Waals surface area contributed by atoms with Crippen LogP contribution in [0.4, 0.5) is 4.79 Å². The molecule has 0 unspecified atom stereocenters. The monoisotopic (exact) mass is 341 g/mol. The second kappa shape index (κ2) is 9.73. The number of aryl methyl sites for hydroxylation is 1. The van der Waals surface area contributed by atoms with E-state index in [0.29, 0.717) is 19.5 Å². The van der Waals surface area contributed by atoms with Gasteiger partial charge in [0, 0.05) is 32.6 Å². The van der Waals surface area contributed by atoms with Gasteiger partial charge in [-0.05, 0) is 31.7 Å². The second-order valence-corrected chi connectivity index (χ2v) is 6.47. The van der Waals surface area contributed by atoms with Crippen molar-refractivity contribution in [1.82, 2.24) is 15.1 Å². The van der Waals surface area contributed by atoms with Crippen molar-refractivity contribution in [2.45, 2.75) is 39.2 Å². The summed E-state index contributed by atoms with van der Waals surface area (Å²) in [7, 11) is 0. The standard InChI is InChI=1S/C20H27N3O2/c1-3-13-23(16-18-9-7-17(2)8-10-18)20(25)21-12-11-19(24)22-14-5-4-6-15-22/h1,7-10H,4-6,11-16H2,2H3,(H,21,25). The Labute approximate surface area is 150 Å². The van der Waals surface area contributed by atoms with Crippen LogP contribution >= 0.6 is 0 Å². The number of nitrogens with one attached hydrogen (secondary N) is 1. The van der Waals surface area contributed by atoms with Crippen LogP contribution in [0.15, 0.2) is 24.3 Å². The summed E-state index contributed by atoms with van der Waals surface area (Å²) < 4.78 is 0. The lowest BCUT2D eigenvalue weighted by atomic mass is 10.1. The van der Waals surface area contributed by atoms with Crippen molar-refractivity contribution in [1.29, 1.82) is 0 Å². The summed E-state index contributed by atoms with van der Waals surface area (Å²) in [6.07, 6.45) is 9.06. The molecule has 134 valence electrons. The summed E-state index contributed by atoms with van der Waals surface area (Å²) in [4.78, 5) is 28.0. The first-order valence-corrected chi connectivity index (χ1v) is 8.89. The van der Waals surface area contributed by atoms with Crippen molar-refractivity contribution in [3.8, 4) is 12.3 Å². The Kier molecular flexibility index (Phi) is 7.34. The quantitative estimate of drug-likeness (QED) is 0.809. The van der Waals surface area contributed by atoms with Crippen molar-refractivity contribution in [2.75, 3.05) is 26.2 Å². The number of likely N-dealkylation sites (tertiary alicyclic amines) is 1. The fourth-order valence-electron chi connectivity index (χ4n) is 2.91. The van der Waals surface area contributed by atoms with E-state index in [-0.39, 0.29) is 18.5 Å². The minimum absolute atomic E-state index is 0.113. The fraction of sp³-hybridized carbons (Fsp3) is 0.500. The second-order valence-electron chi connectivity index (χ2n) is 6.47. The van der Waals surface area contributed by atoms with Crippen LogP contribution in [-0.4, -0.2) is 47.9 Å². The smallest absolute Gasteiger partial charge is 0.318 e. The highest BCUT2D eigenvalue weighted by atomic mass is 16.2. The van der Waals surface area contributed by atoms with Crippen molar-refractivity contribution in [3.63, 3.8) is 0 Å².